The highest BCUT2D eigenvalue weighted by Crippen LogP contribution is 2.13. The third-order valence-corrected chi connectivity index (χ3v) is 3.87. The summed E-state index contributed by atoms with van der Waals surface area (Å²) in [5.41, 5.74) is 1.60. The van der Waals surface area contributed by atoms with Crippen LogP contribution in [0.5, 0.6) is 0 Å². The van der Waals surface area contributed by atoms with Gasteiger partial charge in [-0.1, -0.05) is 6.42 Å². The predicted molar refractivity (Wildman–Crippen MR) is 82.2 cm³/mol. The molecule has 0 aliphatic carbocycles. The number of H-pyrrole nitrogens is 1. The van der Waals surface area contributed by atoms with E-state index in [4.69, 9.17) is 0 Å². The first-order chi connectivity index (χ1) is 9.83. The fourth-order valence-electron chi connectivity index (χ4n) is 2.73. The number of piperidine rings is 1. The van der Waals surface area contributed by atoms with E-state index in [1.165, 1.54) is 32.4 Å². The summed E-state index contributed by atoms with van der Waals surface area (Å²) in [6.45, 7) is 4.20. The van der Waals surface area contributed by atoms with Gasteiger partial charge in [0.25, 0.3) is 5.56 Å². The minimum absolute atomic E-state index is 0. The molecule has 21 heavy (non-hydrogen) atoms. The summed E-state index contributed by atoms with van der Waals surface area (Å²) in [4.78, 5) is 18.4. The van der Waals surface area contributed by atoms with Gasteiger partial charge in [-0.15, -0.1) is 0 Å². The zero-order valence-corrected chi connectivity index (χ0v) is 12.1. The van der Waals surface area contributed by atoms with E-state index < -0.39 is 0 Å². The van der Waals surface area contributed by atoms with Crippen LogP contribution in [-0.4, -0.2) is 44.8 Å². The summed E-state index contributed by atoms with van der Waals surface area (Å²) in [7, 11) is 0. The highest BCUT2D eigenvalue weighted by molar-refractivity contribution is 5.60. The molecule has 114 valence electrons. The Balaban J connectivity index is 0.00000161. The molecule has 1 aliphatic heterocycles. The van der Waals surface area contributed by atoms with Crippen molar-refractivity contribution in [2.75, 3.05) is 19.6 Å². The average Bonchev–Trinajstić information content (AvgIpc) is 2.88. The summed E-state index contributed by atoms with van der Waals surface area (Å²) in [6, 6.07) is 3.72. The third kappa shape index (κ3) is 3.80. The summed E-state index contributed by atoms with van der Waals surface area (Å²) >= 11 is 0. The molecule has 3 N–H and O–H groups in total. The van der Waals surface area contributed by atoms with Gasteiger partial charge in [0.15, 0.2) is 0 Å². The number of rotatable bonds is 4. The second-order valence-corrected chi connectivity index (χ2v) is 5.32. The van der Waals surface area contributed by atoms with Gasteiger partial charge in [0.05, 0.1) is 12.1 Å². The van der Waals surface area contributed by atoms with Gasteiger partial charge in [-0.05, 0) is 43.6 Å². The maximum Gasteiger partial charge on any atom is 0.271 e. The Morgan fingerprint density at radius 1 is 1.10 bits per heavy atom. The Morgan fingerprint density at radius 3 is 2.52 bits per heavy atom. The van der Waals surface area contributed by atoms with Crippen LogP contribution in [0.3, 0.4) is 0 Å². The molecule has 6 heteroatoms. The van der Waals surface area contributed by atoms with Gasteiger partial charge in [-0.2, -0.15) is 0 Å². The molecule has 0 atom stereocenters. The fraction of sp³-hybridized carbons (Fsp3) is 0.467. The highest BCUT2D eigenvalue weighted by Gasteiger charge is 2.11. The third-order valence-electron chi connectivity index (χ3n) is 3.87. The predicted octanol–water partition coefficient (Wildman–Crippen LogP) is 0.900. The number of pyridine rings is 1. The Labute approximate surface area is 123 Å². The Hall–Kier alpha value is -1.92. The Kier molecular flexibility index (Phi) is 5.30. The van der Waals surface area contributed by atoms with E-state index in [9.17, 15) is 4.79 Å². The maximum absolute atomic E-state index is 12.0. The van der Waals surface area contributed by atoms with Crippen LogP contribution in [0, 0.1) is 0 Å². The largest absolute Gasteiger partial charge is 0.412 e. The van der Waals surface area contributed by atoms with E-state index in [0.717, 1.165) is 18.7 Å². The lowest BCUT2D eigenvalue weighted by Crippen LogP contribution is -2.32. The van der Waals surface area contributed by atoms with E-state index >= 15 is 0 Å². The topological polar surface area (TPSA) is 85.4 Å². The second kappa shape index (κ2) is 7.19. The lowest BCUT2D eigenvalue weighted by atomic mass is 10.1. The lowest BCUT2D eigenvalue weighted by Gasteiger charge is -2.26. The first-order valence-corrected chi connectivity index (χ1v) is 7.25. The molecule has 0 bridgehead atoms. The smallest absolute Gasteiger partial charge is 0.271 e. The van der Waals surface area contributed by atoms with Crippen molar-refractivity contribution >= 4 is 0 Å². The average molecular weight is 290 g/mol. The number of hydrogen-bond donors (Lipinski definition) is 1. The molecule has 0 spiro atoms. The number of likely N-dealkylation sites (tertiary alicyclic amines) is 1. The van der Waals surface area contributed by atoms with Crippen LogP contribution in [0.1, 0.15) is 19.3 Å². The van der Waals surface area contributed by atoms with Gasteiger partial charge < -0.3 is 10.4 Å². The number of nitrogens with zero attached hydrogens (tertiary/aromatic N) is 3. The number of aromatic nitrogens is 3. The summed E-state index contributed by atoms with van der Waals surface area (Å²) in [6.07, 6.45) is 9.26. The van der Waals surface area contributed by atoms with Gasteiger partial charge in [-0.25, -0.2) is 0 Å². The first kappa shape index (κ1) is 15.5. The van der Waals surface area contributed by atoms with Gasteiger partial charge in [-0.3, -0.25) is 19.6 Å². The summed E-state index contributed by atoms with van der Waals surface area (Å²) in [5.74, 6) is 0. The molecular formula is C15H22N4O2. The quantitative estimate of drug-likeness (QED) is 0.907. The minimum Gasteiger partial charge on any atom is -0.412 e. The molecule has 2 aromatic heterocycles. The van der Waals surface area contributed by atoms with Gasteiger partial charge in [0.2, 0.25) is 0 Å². The van der Waals surface area contributed by atoms with Crippen molar-refractivity contribution in [1.82, 2.24) is 19.7 Å². The number of hydrogen-bond acceptors (Lipinski definition) is 3. The molecule has 0 aromatic carbocycles. The molecule has 0 radical (unpaired) electrons. The Morgan fingerprint density at radius 2 is 1.81 bits per heavy atom. The van der Waals surface area contributed by atoms with Crippen LogP contribution in [0.25, 0.3) is 11.1 Å². The number of aromatic amines is 1. The van der Waals surface area contributed by atoms with Crippen LogP contribution < -0.4 is 5.56 Å². The molecule has 1 fully saturated rings. The molecule has 3 heterocycles. The minimum atomic E-state index is -0.0326. The van der Waals surface area contributed by atoms with Crippen molar-refractivity contribution in [2.45, 2.75) is 25.8 Å². The molecule has 1 saturated heterocycles. The monoisotopic (exact) mass is 290 g/mol. The SMILES string of the molecule is O.O=c1[nH]n(CCN2CCCCC2)cc1-c1ccncc1. The highest BCUT2D eigenvalue weighted by atomic mass is 16.1. The fourth-order valence-corrected chi connectivity index (χ4v) is 2.73. The van der Waals surface area contributed by atoms with Crippen LogP contribution >= 0.6 is 0 Å². The van der Waals surface area contributed by atoms with Gasteiger partial charge in [0.1, 0.15) is 0 Å². The van der Waals surface area contributed by atoms with E-state index in [2.05, 4.69) is 15.0 Å². The van der Waals surface area contributed by atoms with Crippen molar-refractivity contribution in [2.24, 2.45) is 0 Å². The standard InChI is InChI=1S/C15H20N4O.H2O/c20-15-14(13-4-6-16-7-5-13)12-19(17-15)11-10-18-8-2-1-3-9-18;/h4-7,12H,1-3,8-11H2,(H,17,20);1H2. The van der Waals surface area contributed by atoms with E-state index in [0.29, 0.717) is 5.56 Å². The van der Waals surface area contributed by atoms with Crippen LogP contribution in [0.2, 0.25) is 0 Å². The molecule has 0 saturated carbocycles. The van der Waals surface area contributed by atoms with Crippen molar-refractivity contribution in [3.05, 3.63) is 41.1 Å². The summed E-state index contributed by atoms with van der Waals surface area (Å²) < 4.78 is 1.90. The van der Waals surface area contributed by atoms with E-state index in [-0.39, 0.29) is 11.0 Å². The Bertz CT molecular complexity index is 600. The molecule has 2 aromatic rings. The van der Waals surface area contributed by atoms with Crippen LogP contribution in [-0.2, 0) is 6.54 Å². The second-order valence-electron chi connectivity index (χ2n) is 5.32. The summed E-state index contributed by atoms with van der Waals surface area (Å²) in [5, 5.41) is 2.90. The van der Waals surface area contributed by atoms with Crippen LogP contribution in [0.4, 0.5) is 0 Å². The van der Waals surface area contributed by atoms with E-state index in [1.54, 1.807) is 12.4 Å². The van der Waals surface area contributed by atoms with Gasteiger partial charge in [0, 0.05) is 25.1 Å². The normalized spacial score (nSPS) is 15.6. The van der Waals surface area contributed by atoms with Crippen molar-refractivity contribution in [3.8, 4) is 11.1 Å². The zero-order valence-electron chi connectivity index (χ0n) is 12.1. The van der Waals surface area contributed by atoms with E-state index in [1.807, 2.05) is 23.0 Å². The zero-order chi connectivity index (χ0) is 13.8. The maximum atomic E-state index is 12.0. The van der Waals surface area contributed by atoms with Crippen molar-refractivity contribution in [1.29, 1.82) is 0 Å². The molecule has 0 amide bonds. The lowest BCUT2D eigenvalue weighted by molar-refractivity contribution is 0.218. The van der Waals surface area contributed by atoms with Gasteiger partial charge >= 0.3 is 0 Å². The molecule has 0 unspecified atom stereocenters. The molecule has 6 nitrogen and oxygen atoms in total. The van der Waals surface area contributed by atoms with Crippen molar-refractivity contribution < 1.29 is 5.48 Å². The number of nitrogens with one attached hydrogen (secondary N) is 1. The molecule has 3 rings (SSSR count). The van der Waals surface area contributed by atoms with Crippen LogP contribution in [0.15, 0.2) is 35.5 Å². The molecular weight excluding hydrogens is 268 g/mol. The first-order valence-electron chi connectivity index (χ1n) is 7.25. The van der Waals surface area contributed by atoms with Crippen molar-refractivity contribution in [3.63, 3.8) is 0 Å². The molecule has 1 aliphatic rings.